The summed E-state index contributed by atoms with van der Waals surface area (Å²) >= 11 is 20.0. The first-order valence-electron chi connectivity index (χ1n) is 14.0. The number of alkyl halides is 2. The van der Waals surface area contributed by atoms with Crippen molar-refractivity contribution >= 4 is 69.8 Å². The van der Waals surface area contributed by atoms with Gasteiger partial charge < -0.3 is 9.52 Å². The number of furan rings is 1. The third-order valence-electron chi connectivity index (χ3n) is 9.43. The number of hydrogen-bond donors (Lipinski definition) is 1. The highest BCUT2D eigenvalue weighted by Gasteiger charge is 2.77. The average molecular weight is 716 g/mol. The smallest absolute Gasteiger partial charge is 0.258 e. The van der Waals surface area contributed by atoms with E-state index in [9.17, 15) is 37.5 Å². The van der Waals surface area contributed by atoms with Gasteiger partial charge in [0.15, 0.2) is 33.0 Å². The lowest BCUT2D eigenvalue weighted by Gasteiger charge is -2.49. The second-order valence-electron chi connectivity index (χ2n) is 11.6. The number of rotatable bonds is 4. The summed E-state index contributed by atoms with van der Waals surface area (Å²) in [5.41, 5.74) is -1.45. The number of aliphatic hydroxyl groups excluding tert-OH is 1. The van der Waals surface area contributed by atoms with Crippen molar-refractivity contribution in [3.63, 3.8) is 0 Å². The zero-order chi connectivity index (χ0) is 33.9. The van der Waals surface area contributed by atoms with Gasteiger partial charge in [-0.3, -0.25) is 24.1 Å². The third-order valence-corrected chi connectivity index (χ3v) is 11.1. The second-order valence-corrected chi connectivity index (χ2v) is 13.3. The molecule has 4 aliphatic rings. The minimum Gasteiger partial charge on any atom is -0.463 e. The largest absolute Gasteiger partial charge is 0.463 e. The minimum absolute atomic E-state index is 0.0220. The third kappa shape index (κ3) is 4.03. The van der Waals surface area contributed by atoms with Crippen molar-refractivity contribution in [2.24, 2.45) is 17.8 Å². The van der Waals surface area contributed by atoms with Crippen LogP contribution >= 0.6 is 34.8 Å². The van der Waals surface area contributed by atoms with E-state index >= 15 is 8.78 Å². The fourth-order valence-electron chi connectivity index (χ4n) is 7.36. The van der Waals surface area contributed by atoms with Crippen LogP contribution in [0.2, 0.25) is 5.02 Å². The van der Waals surface area contributed by atoms with E-state index < -0.39 is 105 Å². The molecular formula is C31H18Cl3F5N2O6. The van der Waals surface area contributed by atoms with Gasteiger partial charge in [-0.1, -0.05) is 23.3 Å². The van der Waals surface area contributed by atoms with E-state index in [0.29, 0.717) is 5.02 Å². The molecule has 0 spiro atoms. The molecule has 7 rings (SSSR count). The molecule has 6 atom stereocenters. The van der Waals surface area contributed by atoms with Gasteiger partial charge in [0.05, 0.1) is 23.4 Å². The standard InChI is InChI=1S/C31H18Cl3F5N2O6/c32-11-1-3-12(4-2-11)40-26(43)15-7-6-14-16(18(15)27(40)44)9-30(33)28(45)41(25-23(38)21(36)20(35)22(37)24(25)39)29(46)31(30,34)19(14)17-8-5-13(10-42)47-17/h1-6,8,15-16,18-19,42H,7,9-10H2/t15-,16+,18-,19+,30+,31-/m0/s1. The van der Waals surface area contributed by atoms with Crippen LogP contribution in [0.15, 0.2) is 52.5 Å². The fraction of sp³-hybridized carbons (Fsp3) is 0.290. The highest BCUT2D eigenvalue weighted by atomic mass is 35.5. The van der Waals surface area contributed by atoms with Crippen molar-refractivity contribution in [1.29, 1.82) is 0 Å². The van der Waals surface area contributed by atoms with Gasteiger partial charge in [0, 0.05) is 5.02 Å². The van der Waals surface area contributed by atoms with Crippen molar-refractivity contribution in [3.8, 4) is 0 Å². The van der Waals surface area contributed by atoms with Crippen molar-refractivity contribution in [3.05, 3.63) is 93.7 Å². The van der Waals surface area contributed by atoms with Crippen molar-refractivity contribution < 1.29 is 50.7 Å². The molecule has 16 heteroatoms. The lowest BCUT2D eigenvalue weighted by atomic mass is 9.57. The lowest BCUT2D eigenvalue weighted by molar-refractivity contribution is -0.125. The van der Waals surface area contributed by atoms with Gasteiger partial charge in [-0.25, -0.2) is 26.9 Å². The summed E-state index contributed by atoms with van der Waals surface area (Å²) in [7, 11) is 0. The molecule has 2 saturated heterocycles. The minimum atomic E-state index is -2.72. The molecular weight excluding hydrogens is 698 g/mol. The number of amides is 4. The molecule has 2 aliphatic heterocycles. The molecule has 0 bridgehead atoms. The molecule has 3 heterocycles. The summed E-state index contributed by atoms with van der Waals surface area (Å²) in [5, 5.41) is 10.0. The summed E-state index contributed by atoms with van der Waals surface area (Å²) in [6, 6.07) is 8.48. The Labute approximate surface area is 276 Å². The summed E-state index contributed by atoms with van der Waals surface area (Å²) in [4.78, 5) is 51.2. The van der Waals surface area contributed by atoms with Crippen LogP contribution in [0.3, 0.4) is 0 Å². The van der Waals surface area contributed by atoms with Crippen LogP contribution in [0.25, 0.3) is 0 Å². The molecule has 4 amide bonds. The number of aliphatic hydroxyl groups is 1. The van der Waals surface area contributed by atoms with E-state index in [2.05, 4.69) is 0 Å². The maximum Gasteiger partial charge on any atom is 0.258 e. The summed E-state index contributed by atoms with van der Waals surface area (Å²) in [6.45, 7) is -0.617. The number of anilines is 2. The zero-order valence-electron chi connectivity index (χ0n) is 23.4. The number of nitrogens with zero attached hydrogens (tertiary/aromatic N) is 2. The first kappa shape index (κ1) is 31.8. The van der Waals surface area contributed by atoms with Crippen molar-refractivity contribution in [2.75, 3.05) is 9.80 Å². The maximum atomic E-state index is 15.1. The van der Waals surface area contributed by atoms with Gasteiger partial charge in [-0.15, -0.1) is 23.2 Å². The van der Waals surface area contributed by atoms with E-state index in [-0.39, 0.29) is 34.1 Å². The molecule has 47 heavy (non-hydrogen) atoms. The number of hydrogen-bond acceptors (Lipinski definition) is 6. The van der Waals surface area contributed by atoms with E-state index in [1.165, 1.54) is 42.5 Å². The quantitative estimate of drug-likeness (QED) is 0.0903. The van der Waals surface area contributed by atoms with Crippen LogP contribution in [0.1, 0.15) is 30.3 Å². The first-order chi connectivity index (χ1) is 22.2. The molecule has 1 N–H and O–H groups in total. The molecule has 3 fully saturated rings. The molecule has 244 valence electrons. The predicted molar refractivity (Wildman–Crippen MR) is 155 cm³/mol. The van der Waals surface area contributed by atoms with Crippen LogP contribution in [0, 0.1) is 46.8 Å². The zero-order valence-corrected chi connectivity index (χ0v) is 25.6. The summed E-state index contributed by atoms with van der Waals surface area (Å²) in [5.74, 6) is -21.8. The number of benzene rings is 2. The van der Waals surface area contributed by atoms with Crippen LogP contribution in [-0.2, 0) is 25.8 Å². The number of allylic oxidation sites excluding steroid dienone is 2. The Balaban J connectivity index is 1.41. The van der Waals surface area contributed by atoms with E-state index in [1.54, 1.807) is 0 Å². The number of halogens is 8. The Morgan fingerprint density at radius 3 is 2.02 bits per heavy atom. The number of fused-ring (bicyclic) bond motifs is 4. The first-order valence-corrected chi connectivity index (χ1v) is 15.1. The van der Waals surface area contributed by atoms with Gasteiger partial charge in [-0.2, -0.15) is 0 Å². The van der Waals surface area contributed by atoms with Crippen LogP contribution in [0.5, 0.6) is 0 Å². The van der Waals surface area contributed by atoms with Gasteiger partial charge in [-0.05, 0) is 55.2 Å². The van der Waals surface area contributed by atoms with Crippen LogP contribution in [-0.4, -0.2) is 38.5 Å². The fourth-order valence-corrected chi connectivity index (χ4v) is 8.40. The highest BCUT2D eigenvalue weighted by Crippen LogP contribution is 2.66. The van der Waals surface area contributed by atoms with Gasteiger partial charge in [0.25, 0.3) is 11.8 Å². The molecule has 2 aliphatic carbocycles. The average Bonchev–Trinajstić information content (AvgIpc) is 3.67. The van der Waals surface area contributed by atoms with Crippen molar-refractivity contribution in [2.45, 2.75) is 35.1 Å². The number of carbonyl (C=O) groups is 4. The molecule has 1 aromatic heterocycles. The Morgan fingerprint density at radius 2 is 1.43 bits per heavy atom. The Morgan fingerprint density at radius 1 is 0.809 bits per heavy atom. The predicted octanol–water partition coefficient (Wildman–Crippen LogP) is 5.89. The Hall–Kier alpha value is -3.78. The summed E-state index contributed by atoms with van der Waals surface area (Å²) in [6.07, 6.45) is 0.841. The Bertz CT molecular complexity index is 1940. The number of carbonyl (C=O) groups excluding carboxylic acids is 4. The van der Waals surface area contributed by atoms with Gasteiger partial charge in [0.1, 0.15) is 23.8 Å². The monoisotopic (exact) mass is 714 g/mol. The van der Waals surface area contributed by atoms with E-state index in [4.69, 9.17) is 39.2 Å². The molecule has 2 aromatic carbocycles. The maximum absolute atomic E-state index is 15.1. The second kappa shape index (κ2) is 10.6. The summed E-state index contributed by atoms with van der Waals surface area (Å²) < 4.78 is 78.5. The molecule has 3 aromatic rings. The van der Waals surface area contributed by atoms with Gasteiger partial charge >= 0.3 is 0 Å². The molecule has 0 radical (unpaired) electrons. The highest BCUT2D eigenvalue weighted by molar-refractivity contribution is 6.58. The molecule has 0 unspecified atom stereocenters. The van der Waals surface area contributed by atoms with Crippen molar-refractivity contribution in [1.82, 2.24) is 0 Å². The van der Waals surface area contributed by atoms with E-state index in [1.807, 2.05) is 0 Å². The topological polar surface area (TPSA) is 108 Å². The van der Waals surface area contributed by atoms with Crippen LogP contribution in [0.4, 0.5) is 33.3 Å². The Kier molecular flexibility index (Phi) is 7.18. The van der Waals surface area contributed by atoms with Crippen LogP contribution < -0.4 is 9.80 Å². The normalized spacial score (nSPS) is 30.1. The lowest BCUT2D eigenvalue weighted by Crippen LogP contribution is -2.60. The van der Waals surface area contributed by atoms with Gasteiger partial charge in [0.2, 0.25) is 17.6 Å². The molecule has 8 nitrogen and oxygen atoms in total. The number of imide groups is 2. The van der Waals surface area contributed by atoms with E-state index in [0.717, 1.165) is 4.90 Å². The molecule has 1 saturated carbocycles. The SMILES string of the molecule is O=C1[C@H]2[C@H](CC=C3[C@H]2C[C@@]2(Cl)C(=O)N(c4c(F)c(F)c(F)c(F)c4F)C(=O)[C@@]2(Cl)[C@H]3c2ccc(CO)o2)C(=O)N1c1ccc(Cl)cc1.